The Labute approximate surface area is 152 Å². The summed E-state index contributed by atoms with van der Waals surface area (Å²) in [4.78, 5) is 0. The zero-order chi connectivity index (χ0) is 17.0. The summed E-state index contributed by atoms with van der Waals surface area (Å²) in [5.74, 6) is 3.90. The highest BCUT2D eigenvalue weighted by atomic mass is 14.3. The zero-order valence-electron chi connectivity index (χ0n) is 16.5. The highest BCUT2D eigenvalue weighted by Gasteiger charge is 2.20. The third kappa shape index (κ3) is 7.58. The molecule has 0 amide bonds. The van der Waals surface area contributed by atoms with Gasteiger partial charge in [0.1, 0.15) is 0 Å². The Balaban J connectivity index is 1.54. The molecule has 24 heavy (non-hydrogen) atoms. The quantitative estimate of drug-likeness (QED) is 0.375. The van der Waals surface area contributed by atoms with Crippen LogP contribution in [0.25, 0.3) is 0 Å². The van der Waals surface area contributed by atoms with Crippen LogP contribution in [0.5, 0.6) is 0 Å². The van der Waals surface area contributed by atoms with Crippen LogP contribution >= 0.6 is 0 Å². The summed E-state index contributed by atoms with van der Waals surface area (Å²) in [6.45, 7) is 4.61. The fraction of sp³-hybridized carbons (Fsp3) is 0.833. The van der Waals surface area contributed by atoms with E-state index in [-0.39, 0.29) is 0 Å². The van der Waals surface area contributed by atoms with Gasteiger partial charge in [-0.3, -0.25) is 0 Å². The van der Waals surface area contributed by atoms with E-state index >= 15 is 0 Å². The van der Waals surface area contributed by atoms with Crippen LogP contribution in [-0.4, -0.2) is 0 Å². The van der Waals surface area contributed by atoms with Crippen LogP contribution in [0, 0.1) is 23.7 Å². The molecule has 0 heterocycles. The van der Waals surface area contributed by atoms with Crippen molar-refractivity contribution in [1.82, 2.24) is 0 Å². The standard InChI is InChI=1S/C24H42/c1-3-5-6-10-22-17-19-24(20-18-22)12-8-7-11-23-15-13-21(9-4-2)14-16-23/h6-8,10,21-24H,3-5,9,11-20H2,1-2H3/t21-,22-,23-,24-. The molecule has 0 radical (unpaired) electrons. The van der Waals surface area contributed by atoms with Gasteiger partial charge in [-0.25, -0.2) is 0 Å². The van der Waals surface area contributed by atoms with Gasteiger partial charge >= 0.3 is 0 Å². The summed E-state index contributed by atoms with van der Waals surface area (Å²) in [6, 6.07) is 0. The second-order valence-corrected chi connectivity index (χ2v) is 8.62. The van der Waals surface area contributed by atoms with E-state index in [1.165, 1.54) is 89.9 Å². The maximum Gasteiger partial charge on any atom is -0.0233 e. The number of rotatable bonds is 9. The van der Waals surface area contributed by atoms with Gasteiger partial charge in [-0.05, 0) is 81.5 Å². The monoisotopic (exact) mass is 330 g/mol. The van der Waals surface area contributed by atoms with E-state index in [1.807, 2.05) is 0 Å². The van der Waals surface area contributed by atoms with Crippen LogP contribution in [0.3, 0.4) is 0 Å². The van der Waals surface area contributed by atoms with Gasteiger partial charge < -0.3 is 0 Å². The van der Waals surface area contributed by atoms with Crippen molar-refractivity contribution in [3.8, 4) is 0 Å². The van der Waals surface area contributed by atoms with Gasteiger partial charge in [0, 0.05) is 0 Å². The maximum atomic E-state index is 2.53. The van der Waals surface area contributed by atoms with Crippen LogP contribution in [0.2, 0.25) is 0 Å². The molecule has 0 atom stereocenters. The van der Waals surface area contributed by atoms with Crippen molar-refractivity contribution in [3.05, 3.63) is 24.3 Å². The number of hydrogen-bond donors (Lipinski definition) is 0. The van der Waals surface area contributed by atoms with Gasteiger partial charge in [-0.1, -0.05) is 70.3 Å². The molecule has 0 saturated heterocycles. The minimum atomic E-state index is 0.884. The summed E-state index contributed by atoms with van der Waals surface area (Å²) in [5.41, 5.74) is 0. The summed E-state index contributed by atoms with van der Waals surface area (Å²) < 4.78 is 0. The second kappa shape index (κ2) is 11.9. The van der Waals surface area contributed by atoms with Gasteiger partial charge in [0.05, 0.1) is 0 Å². The van der Waals surface area contributed by atoms with E-state index in [0.29, 0.717) is 0 Å². The minimum Gasteiger partial charge on any atom is -0.0883 e. The molecule has 0 bridgehead atoms. The van der Waals surface area contributed by atoms with Crippen molar-refractivity contribution < 1.29 is 0 Å². The van der Waals surface area contributed by atoms with Gasteiger partial charge in [-0.15, -0.1) is 0 Å². The van der Waals surface area contributed by atoms with Crippen LogP contribution in [0.4, 0.5) is 0 Å². The van der Waals surface area contributed by atoms with Crippen molar-refractivity contribution >= 4 is 0 Å². The molecule has 0 aromatic carbocycles. The molecule has 0 aromatic rings. The SMILES string of the molecule is CCCC=C[C@H]1CC[C@H](CC=CC[C@H]2CC[C@H](CCC)CC2)CC1. The van der Waals surface area contributed by atoms with Gasteiger partial charge in [-0.2, -0.15) is 0 Å². The summed E-state index contributed by atoms with van der Waals surface area (Å²) >= 11 is 0. The molecule has 2 fully saturated rings. The molecule has 2 rings (SSSR count). The average Bonchev–Trinajstić information content (AvgIpc) is 2.62. The van der Waals surface area contributed by atoms with Crippen molar-refractivity contribution in [3.63, 3.8) is 0 Å². The Morgan fingerprint density at radius 3 is 1.71 bits per heavy atom. The van der Waals surface area contributed by atoms with E-state index < -0.39 is 0 Å². The predicted molar refractivity (Wildman–Crippen MR) is 108 cm³/mol. The lowest BCUT2D eigenvalue weighted by molar-refractivity contribution is 0.263. The fourth-order valence-corrected chi connectivity index (χ4v) is 4.81. The first kappa shape index (κ1) is 19.8. The van der Waals surface area contributed by atoms with E-state index in [0.717, 1.165) is 23.7 Å². The lowest BCUT2D eigenvalue weighted by atomic mass is 9.78. The lowest BCUT2D eigenvalue weighted by Crippen LogP contribution is -2.14. The van der Waals surface area contributed by atoms with Crippen LogP contribution in [-0.2, 0) is 0 Å². The Morgan fingerprint density at radius 1 is 0.625 bits per heavy atom. The summed E-state index contributed by atoms with van der Waals surface area (Å²) in [6.07, 6.45) is 29.8. The molecular formula is C24H42. The number of allylic oxidation sites excluding steroid dienone is 4. The summed E-state index contributed by atoms with van der Waals surface area (Å²) in [5, 5.41) is 0. The third-order valence-corrected chi connectivity index (χ3v) is 6.52. The smallest absolute Gasteiger partial charge is 0.0233 e. The van der Waals surface area contributed by atoms with Gasteiger partial charge in [0.25, 0.3) is 0 Å². The molecule has 2 aliphatic carbocycles. The van der Waals surface area contributed by atoms with E-state index in [9.17, 15) is 0 Å². The molecule has 0 aliphatic heterocycles. The first-order chi connectivity index (χ1) is 11.8. The van der Waals surface area contributed by atoms with Gasteiger partial charge in [0.2, 0.25) is 0 Å². The van der Waals surface area contributed by atoms with Crippen molar-refractivity contribution in [1.29, 1.82) is 0 Å². The highest BCUT2D eigenvalue weighted by Crippen LogP contribution is 2.34. The number of hydrogen-bond acceptors (Lipinski definition) is 0. The van der Waals surface area contributed by atoms with Crippen molar-refractivity contribution in [2.75, 3.05) is 0 Å². The third-order valence-electron chi connectivity index (χ3n) is 6.52. The van der Waals surface area contributed by atoms with E-state index in [2.05, 4.69) is 38.2 Å². The van der Waals surface area contributed by atoms with Crippen LogP contribution in [0.15, 0.2) is 24.3 Å². The van der Waals surface area contributed by atoms with Crippen molar-refractivity contribution in [2.45, 2.75) is 104 Å². The second-order valence-electron chi connectivity index (χ2n) is 8.62. The first-order valence-corrected chi connectivity index (χ1v) is 11.1. The molecule has 0 nitrogen and oxygen atoms in total. The van der Waals surface area contributed by atoms with Crippen molar-refractivity contribution in [2.24, 2.45) is 23.7 Å². The normalized spacial score (nSPS) is 31.9. The highest BCUT2D eigenvalue weighted by molar-refractivity contribution is 4.93. The predicted octanol–water partition coefficient (Wildman–Crippen LogP) is 8.09. The molecule has 0 spiro atoms. The zero-order valence-corrected chi connectivity index (χ0v) is 16.5. The number of unbranched alkanes of at least 4 members (excludes halogenated alkanes) is 1. The van der Waals surface area contributed by atoms with Crippen LogP contribution in [0.1, 0.15) is 104 Å². The lowest BCUT2D eigenvalue weighted by Gasteiger charge is -2.28. The first-order valence-electron chi connectivity index (χ1n) is 11.1. The molecule has 0 unspecified atom stereocenters. The Morgan fingerprint density at radius 2 is 1.17 bits per heavy atom. The molecule has 0 aromatic heterocycles. The molecule has 2 saturated carbocycles. The molecule has 138 valence electrons. The van der Waals surface area contributed by atoms with Crippen LogP contribution < -0.4 is 0 Å². The molecular weight excluding hydrogens is 288 g/mol. The Kier molecular flexibility index (Phi) is 9.85. The largest absolute Gasteiger partial charge is 0.0883 e. The average molecular weight is 331 g/mol. The molecule has 0 heteroatoms. The topological polar surface area (TPSA) is 0 Å². The maximum absolute atomic E-state index is 2.53. The minimum absolute atomic E-state index is 0.884. The Bertz CT molecular complexity index is 348. The Hall–Kier alpha value is -0.520. The molecule has 2 aliphatic rings. The summed E-state index contributed by atoms with van der Waals surface area (Å²) in [7, 11) is 0. The van der Waals surface area contributed by atoms with E-state index in [1.54, 1.807) is 0 Å². The molecule has 0 N–H and O–H groups in total. The fourth-order valence-electron chi connectivity index (χ4n) is 4.81. The van der Waals surface area contributed by atoms with Gasteiger partial charge in [0.15, 0.2) is 0 Å². The van der Waals surface area contributed by atoms with E-state index in [4.69, 9.17) is 0 Å².